The van der Waals surface area contributed by atoms with Crippen molar-refractivity contribution >= 4 is 17.4 Å². The molecule has 2 aromatic carbocycles. The summed E-state index contributed by atoms with van der Waals surface area (Å²) >= 11 is 0. The third-order valence-corrected chi connectivity index (χ3v) is 4.42. The van der Waals surface area contributed by atoms with E-state index in [0.717, 1.165) is 5.56 Å². The molecule has 3 aromatic rings. The van der Waals surface area contributed by atoms with E-state index in [1.165, 1.54) is 18.2 Å². The summed E-state index contributed by atoms with van der Waals surface area (Å²) in [6, 6.07) is 11.4. The smallest absolute Gasteiger partial charge is 0.272 e. The van der Waals surface area contributed by atoms with Crippen molar-refractivity contribution in [2.75, 3.05) is 19.5 Å². The van der Waals surface area contributed by atoms with E-state index >= 15 is 0 Å². The number of nitro groups is 1. The number of nitrogens with zero attached hydrogens (tertiary/aromatic N) is 3. The molecule has 1 amide bonds. The third-order valence-electron chi connectivity index (χ3n) is 4.42. The van der Waals surface area contributed by atoms with Crippen molar-refractivity contribution < 1.29 is 19.2 Å². The van der Waals surface area contributed by atoms with Gasteiger partial charge in [-0.1, -0.05) is 12.1 Å². The normalized spacial score (nSPS) is 10.4. The van der Waals surface area contributed by atoms with Crippen LogP contribution >= 0.6 is 0 Å². The molecule has 0 radical (unpaired) electrons. The molecule has 0 saturated carbocycles. The van der Waals surface area contributed by atoms with Crippen molar-refractivity contribution in [3.05, 3.63) is 75.5 Å². The molecule has 3 rings (SSSR count). The molecule has 1 N–H and O–H groups in total. The minimum absolute atomic E-state index is 0.0308. The van der Waals surface area contributed by atoms with Gasteiger partial charge in [-0.05, 0) is 25.1 Å². The van der Waals surface area contributed by atoms with Crippen molar-refractivity contribution in [3.8, 4) is 11.5 Å². The maximum absolute atomic E-state index is 12.6. The molecule has 150 valence electrons. The van der Waals surface area contributed by atoms with Crippen LogP contribution in [0, 0.1) is 17.0 Å². The van der Waals surface area contributed by atoms with Crippen LogP contribution < -0.4 is 14.8 Å². The number of aryl methyl sites for hydroxylation is 1. The Morgan fingerprint density at radius 1 is 1.21 bits per heavy atom. The molecule has 29 heavy (non-hydrogen) atoms. The van der Waals surface area contributed by atoms with Crippen LogP contribution in [0.2, 0.25) is 0 Å². The van der Waals surface area contributed by atoms with Crippen molar-refractivity contribution in [1.29, 1.82) is 0 Å². The predicted molar refractivity (Wildman–Crippen MR) is 107 cm³/mol. The van der Waals surface area contributed by atoms with E-state index in [2.05, 4.69) is 10.4 Å². The molecule has 0 saturated heterocycles. The number of rotatable bonds is 7. The number of nitro benzene ring substituents is 1. The second kappa shape index (κ2) is 8.42. The summed E-state index contributed by atoms with van der Waals surface area (Å²) in [7, 11) is 3.12. The standard InChI is InChI=1S/C20H20N4O5/c1-13-11-14(7-8-16(13)24(26)27)20(25)22-18-9-10-21-23(18)12-15-5-4-6-17(28-2)19(15)29-3/h4-11H,12H2,1-3H3,(H,22,25). The van der Waals surface area contributed by atoms with Crippen molar-refractivity contribution in [3.63, 3.8) is 0 Å². The summed E-state index contributed by atoms with van der Waals surface area (Å²) in [5.74, 6) is 1.29. The molecule has 0 fully saturated rings. The number of ether oxygens (including phenoxy) is 2. The first-order chi connectivity index (χ1) is 13.9. The number of nitrogens with one attached hydrogen (secondary N) is 1. The van der Waals surface area contributed by atoms with E-state index in [9.17, 15) is 14.9 Å². The van der Waals surface area contributed by atoms with Gasteiger partial charge in [-0.3, -0.25) is 14.9 Å². The van der Waals surface area contributed by atoms with Gasteiger partial charge in [0.25, 0.3) is 11.6 Å². The van der Waals surface area contributed by atoms with Gasteiger partial charge in [0.15, 0.2) is 11.5 Å². The molecule has 0 aliphatic carbocycles. The van der Waals surface area contributed by atoms with Crippen LogP contribution in [-0.4, -0.2) is 34.8 Å². The Balaban J connectivity index is 1.82. The first-order valence-corrected chi connectivity index (χ1v) is 8.72. The number of hydrogen-bond acceptors (Lipinski definition) is 6. The Bertz CT molecular complexity index is 1060. The van der Waals surface area contributed by atoms with Gasteiger partial charge >= 0.3 is 0 Å². The monoisotopic (exact) mass is 396 g/mol. The largest absolute Gasteiger partial charge is 0.493 e. The number of carbonyl (C=O) groups excluding carboxylic acids is 1. The second-order valence-electron chi connectivity index (χ2n) is 6.24. The van der Waals surface area contributed by atoms with Crippen LogP contribution in [0.1, 0.15) is 21.5 Å². The fourth-order valence-corrected chi connectivity index (χ4v) is 2.99. The molecule has 0 atom stereocenters. The molecule has 9 nitrogen and oxygen atoms in total. The molecule has 1 heterocycles. The molecule has 0 unspecified atom stereocenters. The lowest BCUT2D eigenvalue weighted by atomic mass is 10.1. The van der Waals surface area contributed by atoms with E-state index in [4.69, 9.17) is 9.47 Å². The Kier molecular flexibility index (Phi) is 5.77. The molecular weight excluding hydrogens is 376 g/mol. The third kappa shape index (κ3) is 4.18. The number of methoxy groups -OCH3 is 2. The molecule has 0 bridgehead atoms. The van der Waals surface area contributed by atoms with E-state index in [1.54, 1.807) is 44.2 Å². The van der Waals surface area contributed by atoms with Crippen LogP contribution in [0.4, 0.5) is 11.5 Å². The fourth-order valence-electron chi connectivity index (χ4n) is 2.99. The lowest BCUT2D eigenvalue weighted by molar-refractivity contribution is -0.385. The topological polar surface area (TPSA) is 109 Å². The number of para-hydroxylation sites is 1. The zero-order valence-corrected chi connectivity index (χ0v) is 16.2. The number of carbonyl (C=O) groups is 1. The first kappa shape index (κ1) is 19.9. The first-order valence-electron chi connectivity index (χ1n) is 8.72. The van der Waals surface area contributed by atoms with Crippen molar-refractivity contribution in [1.82, 2.24) is 9.78 Å². The van der Waals surface area contributed by atoms with Crippen LogP contribution in [0.25, 0.3) is 0 Å². The van der Waals surface area contributed by atoms with Gasteiger partial charge in [0, 0.05) is 28.8 Å². The van der Waals surface area contributed by atoms with Crippen molar-refractivity contribution in [2.45, 2.75) is 13.5 Å². The SMILES string of the molecule is COc1cccc(Cn2nccc2NC(=O)c2ccc([N+](=O)[O-])c(C)c2)c1OC. The van der Waals surface area contributed by atoms with Gasteiger partial charge in [-0.2, -0.15) is 5.10 Å². The summed E-state index contributed by atoms with van der Waals surface area (Å²) in [5, 5.41) is 18.0. The van der Waals surface area contributed by atoms with E-state index in [0.29, 0.717) is 35.0 Å². The predicted octanol–water partition coefficient (Wildman–Crippen LogP) is 3.42. The van der Waals surface area contributed by atoms with Crippen LogP contribution in [0.15, 0.2) is 48.7 Å². The van der Waals surface area contributed by atoms with Gasteiger partial charge in [0.2, 0.25) is 0 Å². The summed E-state index contributed by atoms with van der Waals surface area (Å²) in [4.78, 5) is 23.1. The average Bonchev–Trinajstić information content (AvgIpc) is 3.13. The van der Waals surface area contributed by atoms with E-state index in [-0.39, 0.29) is 11.6 Å². The highest BCUT2D eigenvalue weighted by Crippen LogP contribution is 2.31. The Morgan fingerprint density at radius 2 is 2.00 bits per heavy atom. The summed E-state index contributed by atoms with van der Waals surface area (Å²) in [6.45, 7) is 1.94. The zero-order valence-electron chi connectivity index (χ0n) is 16.2. The Labute approximate surface area is 167 Å². The Hall–Kier alpha value is -3.88. The highest BCUT2D eigenvalue weighted by atomic mass is 16.6. The number of anilines is 1. The quantitative estimate of drug-likeness (QED) is 0.484. The molecular formula is C20H20N4O5. The van der Waals surface area contributed by atoms with Crippen LogP contribution in [-0.2, 0) is 6.54 Å². The molecule has 1 aromatic heterocycles. The Morgan fingerprint density at radius 3 is 2.66 bits per heavy atom. The van der Waals surface area contributed by atoms with Gasteiger partial charge in [-0.15, -0.1) is 0 Å². The van der Waals surface area contributed by atoms with Gasteiger partial charge in [0.05, 0.1) is 31.9 Å². The highest BCUT2D eigenvalue weighted by molar-refractivity contribution is 6.04. The highest BCUT2D eigenvalue weighted by Gasteiger charge is 2.16. The molecule has 0 spiro atoms. The van der Waals surface area contributed by atoms with Gasteiger partial charge in [-0.25, -0.2) is 4.68 Å². The average molecular weight is 396 g/mol. The number of hydrogen-bond donors (Lipinski definition) is 1. The summed E-state index contributed by atoms with van der Waals surface area (Å²) in [5.41, 5.74) is 1.53. The fraction of sp³-hybridized carbons (Fsp3) is 0.200. The van der Waals surface area contributed by atoms with Crippen LogP contribution in [0.3, 0.4) is 0 Å². The zero-order chi connectivity index (χ0) is 21.0. The summed E-state index contributed by atoms with van der Waals surface area (Å²) < 4.78 is 12.4. The molecule has 9 heteroatoms. The minimum atomic E-state index is -0.479. The van der Waals surface area contributed by atoms with Gasteiger partial charge < -0.3 is 14.8 Å². The van der Waals surface area contributed by atoms with E-state index < -0.39 is 4.92 Å². The minimum Gasteiger partial charge on any atom is -0.493 e. The number of benzene rings is 2. The van der Waals surface area contributed by atoms with Gasteiger partial charge in [0.1, 0.15) is 5.82 Å². The van der Waals surface area contributed by atoms with Crippen LogP contribution in [0.5, 0.6) is 11.5 Å². The summed E-state index contributed by atoms with van der Waals surface area (Å²) in [6.07, 6.45) is 1.57. The lowest BCUT2D eigenvalue weighted by Crippen LogP contribution is -2.16. The van der Waals surface area contributed by atoms with Crippen molar-refractivity contribution in [2.24, 2.45) is 0 Å². The number of aromatic nitrogens is 2. The maximum atomic E-state index is 12.6. The van der Waals surface area contributed by atoms with E-state index in [1.807, 2.05) is 12.1 Å². The lowest BCUT2D eigenvalue weighted by Gasteiger charge is -2.14. The molecule has 0 aliphatic heterocycles. The maximum Gasteiger partial charge on any atom is 0.272 e. The number of amides is 1. The second-order valence-corrected chi connectivity index (χ2v) is 6.24. The molecule has 0 aliphatic rings.